The number of benzene rings is 1. The first kappa shape index (κ1) is 13.8. The molecule has 19 heavy (non-hydrogen) atoms. The number of hydrogen-bond donors (Lipinski definition) is 1. The number of amides is 1. The van der Waals surface area contributed by atoms with E-state index < -0.39 is 0 Å². The zero-order chi connectivity index (χ0) is 13.7. The summed E-state index contributed by atoms with van der Waals surface area (Å²) in [7, 11) is 0. The Morgan fingerprint density at radius 2 is 2.11 bits per heavy atom. The highest BCUT2D eigenvalue weighted by Crippen LogP contribution is 2.21. The monoisotopic (exact) mass is 258 g/mol. The summed E-state index contributed by atoms with van der Waals surface area (Å²) in [5.41, 5.74) is 6.62. The van der Waals surface area contributed by atoms with Crippen molar-refractivity contribution >= 4 is 12.0 Å². The van der Waals surface area contributed by atoms with Crippen LogP contribution in [0.1, 0.15) is 25.3 Å². The lowest BCUT2D eigenvalue weighted by Crippen LogP contribution is -2.45. The van der Waals surface area contributed by atoms with Crippen molar-refractivity contribution in [3.63, 3.8) is 0 Å². The molecular weight excluding hydrogens is 236 g/mol. The Kier molecular flexibility index (Phi) is 4.74. The molecule has 1 aliphatic heterocycles. The fourth-order valence-electron chi connectivity index (χ4n) is 2.55. The SMILES string of the molecule is C[C@@H]1CC[C@@H](C(N)=O)CN1C/C=C/c1ccccc1. The summed E-state index contributed by atoms with van der Waals surface area (Å²) in [4.78, 5) is 13.6. The summed E-state index contributed by atoms with van der Waals surface area (Å²) in [6.07, 6.45) is 6.26. The molecule has 0 bridgehead atoms. The van der Waals surface area contributed by atoms with E-state index in [1.807, 2.05) is 18.2 Å². The average Bonchev–Trinajstić information content (AvgIpc) is 2.42. The van der Waals surface area contributed by atoms with Gasteiger partial charge < -0.3 is 5.73 Å². The molecule has 1 amide bonds. The van der Waals surface area contributed by atoms with Gasteiger partial charge in [-0.25, -0.2) is 0 Å². The summed E-state index contributed by atoms with van der Waals surface area (Å²) in [5, 5.41) is 0. The Morgan fingerprint density at radius 1 is 1.37 bits per heavy atom. The Balaban J connectivity index is 1.90. The number of nitrogens with zero attached hydrogens (tertiary/aromatic N) is 1. The first-order valence-electron chi connectivity index (χ1n) is 6.92. The fourth-order valence-corrected chi connectivity index (χ4v) is 2.55. The summed E-state index contributed by atoms with van der Waals surface area (Å²) in [5.74, 6) is -0.148. The number of piperidine rings is 1. The van der Waals surface area contributed by atoms with Crippen LogP contribution in [-0.4, -0.2) is 29.9 Å². The third kappa shape index (κ3) is 3.93. The van der Waals surface area contributed by atoms with Crippen molar-refractivity contribution in [3.8, 4) is 0 Å². The normalized spacial score (nSPS) is 24.7. The minimum absolute atomic E-state index is 0.0151. The third-order valence-corrected chi connectivity index (χ3v) is 3.86. The fraction of sp³-hybridized carbons (Fsp3) is 0.438. The summed E-state index contributed by atoms with van der Waals surface area (Å²) in [6.45, 7) is 3.88. The Morgan fingerprint density at radius 3 is 2.79 bits per heavy atom. The molecule has 0 aliphatic carbocycles. The minimum atomic E-state index is -0.163. The summed E-state index contributed by atoms with van der Waals surface area (Å²) >= 11 is 0. The van der Waals surface area contributed by atoms with Gasteiger partial charge in [-0.2, -0.15) is 0 Å². The highest BCUT2D eigenvalue weighted by Gasteiger charge is 2.27. The molecule has 1 aromatic rings. The molecule has 1 aliphatic rings. The molecule has 1 fully saturated rings. The minimum Gasteiger partial charge on any atom is -0.369 e. The molecule has 3 nitrogen and oxygen atoms in total. The van der Waals surface area contributed by atoms with Crippen LogP contribution in [0, 0.1) is 5.92 Å². The maximum absolute atomic E-state index is 11.3. The zero-order valence-electron chi connectivity index (χ0n) is 11.5. The van der Waals surface area contributed by atoms with Crippen molar-refractivity contribution in [2.24, 2.45) is 11.7 Å². The van der Waals surface area contributed by atoms with E-state index in [0.29, 0.717) is 6.04 Å². The van der Waals surface area contributed by atoms with Gasteiger partial charge in [-0.15, -0.1) is 0 Å². The first-order valence-corrected chi connectivity index (χ1v) is 6.92. The van der Waals surface area contributed by atoms with Crippen molar-refractivity contribution in [1.29, 1.82) is 0 Å². The van der Waals surface area contributed by atoms with Gasteiger partial charge in [0.1, 0.15) is 0 Å². The van der Waals surface area contributed by atoms with Crippen LogP contribution < -0.4 is 5.73 Å². The van der Waals surface area contributed by atoms with Crippen LogP contribution in [0.25, 0.3) is 6.08 Å². The molecule has 2 N–H and O–H groups in total. The van der Waals surface area contributed by atoms with E-state index in [1.54, 1.807) is 0 Å². The number of rotatable bonds is 4. The number of likely N-dealkylation sites (tertiary alicyclic amines) is 1. The van der Waals surface area contributed by atoms with Crippen molar-refractivity contribution in [1.82, 2.24) is 4.90 Å². The molecule has 0 spiro atoms. The second-order valence-electron chi connectivity index (χ2n) is 5.29. The van der Waals surface area contributed by atoms with E-state index in [-0.39, 0.29) is 11.8 Å². The van der Waals surface area contributed by atoms with Crippen LogP contribution in [0.15, 0.2) is 36.4 Å². The second kappa shape index (κ2) is 6.53. The molecule has 2 atom stereocenters. The lowest BCUT2D eigenvalue weighted by Gasteiger charge is -2.36. The molecule has 102 valence electrons. The van der Waals surface area contributed by atoms with Gasteiger partial charge >= 0.3 is 0 Å². The van der Waals surface area contributed by atoms with Crippen molar-refractivity contribution < 1.29 is 4.79 Å². The number of hydrogen-bond acceptors (Lipinski definition) is 2. The van der Waals surface area contributed by atoms with Gasteiger partial charge in [0.15, 0.2) is 0 Å². The van der Waals surface area contributed by atoms with Gasteiger partial charge in [-0.1, -0.05) is 42.5 Å². The van der Waals surface area contributed by atoms with Crippen LogP contribution in [0.4, 0.5) is 0 Å². The van der Waals surface area contributed by atoms with Crippen LogP contribution in [0.3, 0.4) is 0 Å². The Bertz CT molecular complexity index is 441. The van der Waals surface area contributed by atoms with Crippen LogP contribution in [-0.2, 0) is 4.79 Å². The van der Waals surface area contributed by atoms with Gasteiger partial charge in [-0.05, 0) is 25.3 Å². The van der Waals surface area contributed by atoms with Gasteiger partial charge in [0, 0.05) is 19.1 Å². The molecule has 3 heteroatoms. The third-order valence-electron chi connectivity index (χ3n) is 3.86. The highest BCUT2D eigenvalue weighted by atomic mass is 16.1. The predicted molar refractivity (Wildman–Crippen MR) is 78.4 cm³/mol. The highest BCUT2D eigenvalue weighted by molar-refractivity contribution is 5.77. The molecule has 2 rings (SSSR count). The first-order chi connectivity index (χ1) is 9.16. The summed E-state index contributed by atoms with van der Waals surface area (Å²) < 4.78 is 0. The summed E-state index contributed by atoms with van der Waals surface area (Å²) in [6, 6.07) is 10.8. The molecule has 1 aromatic carbocycles. The topological polar surface area (TPSA) is 46.3 Å². The Labute approximate surface area is 115 Å². The lowest BCUT2D eigenvalue weighted by molar-refractivity contribution is -0.123. The van der Waals surface area contributed by atoms with Gasteiger partial charge in [0.25, 0.3) is 0 Å². The molecule has 0 aromatic heterocycles. The van der Waals surface area contributed by atoms with Crippen molar-refractivity contribution in [2.45, 2.75) is 25.8 Å². The van der Waals surface area contributed by atoms with Gasteiger partial charge in [-0.3, -0.25) is 9.69 Å². The van der Waals surface area contributed by atoms with Crippen LogP contribution in [0.5, 0.6) is 0 Å². The number of nitrogens with two attached hydrogens (primary N) is 1. The molecule has 0 unspecified atom stereocenters. The molecule has 1 heterocycles. The number of carbonyl (C=O) groups is 1. The van der Waals surface area contributed by atoms with E-state index in [0.717, 1.165) is 25.9 Å². The average molecular weight is 258 g/mol. The lowest BCUT2D eigenvalue weighted by atomic mass is 9.93. The van der Waals surface area contributed by atoms with E-state index in [9.17, 15) is 4.79 Å². The second-order valence-corrected chi connectivity index (χ2v) is 5.29. The van der Waals surface area contributed by atoms with Crippen molar-refractivity contribution in [2.75, 3.05) is 13.1 Å². The molecular formula is C16H22N2O. The molecule has 1 saturated heterocycles. The number of primary amides is 1. The van der Waals surface area contributed by atoms with E-state index in [4.69, 9.17) is 5.73 Å². The standard InChI is InChI=1S/C16H22N2O/c1-13-9-10-15(16(17)19)12-18(13)11-5-8-14-6-3-2-4-7-14/h2-8,13,15H,9-12H2,1H3,(H2,17,19)/b8-5+/t13-,15-/m1/s1. The number of carbonyl (C=O) groups excluding carboxylic acids is 1. The van der Waals surface area contributed by atoms with Gasteiger partial charge in [0.2, 0.25) is 5.91 Å². The van der Waals surface area contributed by atoms with E-state index >= 15 is 0 Å². The zero-order valence-corrected chi connectivity index (χ0v) is 11.5. The molecule has 0 radical (unpaired) electrons. The van der Waals surface area contributed by atoms with Crippen LogP contribution >= 0.6 is 0 Å². The predicted octanol–water partition coefficient (Wildman–Crippen LogP) is 2.29. The van der Waals surface area contributed by atoms with E-state index in [2.05, 4.69) is 36.1 Å². The maximum Gasteiger partial charge on any atom is 0.221 e. The quantitative estimate of drug-likeness (QED) is 0.900. The van der Waals surface area contributed by atoms with E-state index in [1.165, 1.54) is 5.56 Å². The smallest absolute Gasteiger partial charge is 0.221 e. The maximum atomic E-state index is 11.3. The largest absolute Gasteiger partial charge is 0.369 e. The van der Waals surface area contributed by atoms with Gasteiger partial charge in [0.05, 0.1) is 5.92 Å². The Hall–Kier alpha value is -1.61. The molecule has 0 saturated carbocycles. The van der Waals surface area contributed by atoms with Crippen molar-refractivity contribution in [3.05, 3.63) is 42.0 Å². The van der Waals surface area contributed by atoms with Crippen LogP contribution in [0.2, 0.25) is 0 Å².